The molecule has 0 saturated heterocycles. The molecule has 0 unspecified atom stereocenters. The largest absolute Gasteiger partial charge is 0.466 e. The van der Waals surface area contributed by atoms with Crippen LogP contribution in [0, 0.1) is 0 Å². The summed E-state index contributed by atoms with van der Waals surface area (Å²) in [5.74, 6) is -0.225. The Hall–Kier alpha value is -0.800. The molecule has 0 heterocycles. The van der Waals surface area contributed by atoms with Gasteiger partial charge in [-0.05, 0) is 30.7 Å². The lowest BCUT2D eigenvalue weighted by molar-refractivity contribution is -0.142. The highest BCUT2D eigenvalue weighted by Crippen LogP contribution is 2.22. The second-order valence-corrected chi connectivity index (χ2v) is 4.37. The average molecular weight is 304 g/mol. The summed E-state index contributed by atoms with van der Waals surface area (Å²) in [5.41, 5.74) is 0.941. The molecule has 16 heavy (non-hydrogen) atoms. The molecule has 0 aliphatic rings. The molecule has 1 aromatic carbocycles. The monoisotopic (exact) mass is 302 g/mol. The standard InChI is InChI=1S/C12H12BrClO2/c1-2-16-12(15)5-3-4-9-8-10(14)6-7-11(9)13/h3-4,6-8H,2,5H2,1H3. The van der Waals surface area contributed by atoms with Gasteiger partial charge in [-0.15, -0.1) is 0 Å². The van der Waals surface area contributed by atoms with Gasteiger partial charge in [0, 0.05) is 9.50 Å². The number of ether oxygens (including phenoxy) is 1. The smallest absolute Gasteiger partial charge is 0.309 e. The first-order chi connectivity index (χ1) is 7.63. The van der Waals surface area contributed by atoms with Gasteiger partial charge in [-0.3, -0.25) is 4.79 Å². The number of halogens is 2. The highest BCUT2D eigenvalue weighted by Gasteiger charge is 1.99. The molecular formula is C12H12BrClO2. The van der Waals surface area contributed by atoms with Crippen LogP contribution in [0.1, 0.15) is 18.9 Å². The summed E-state index contributed by atoms with van der Waals surface area (Å²) in [5, 5.41) is 0.666. The van der Waals surface area contributed by atoms with Crippen molar-refractivity contribution in [3.05, 3.63) is 39.3 Å². The molecule has 0 saturated carbocycles. The molecule has 4 heteroatoms. The maximum atomic E-state index is 11.1. The number of carbonyl (C=O) groups excluding carboxylic acids is 1. The van der Waals surface area contributed by atoms with E-state index in [2.05, 4.69) is 15.9 Å². The number of esters is 1. The molecule has 0 bridgehead atoms. The van der Waals surface area contributed by atoms with Crippen LogP contribution in [0.3, 0.4) is 0 Å². The first-order valence-corrected chi connectivity index (χ1v) is 6.07. The lowest BCUT2D eigenvalue weighted by Gasteiger charge is -1.99. The lowest BCUT2D eigenvalue weighted by atomic mass is 10.2. The van der Waals surface area contributed by atoms with Gasteiger partial charge >= 0.3 is 5.97 Å². The van der Waals surface area contributed by atoms with Crippen molar-refractivity contribution in [3.8, 4) is 0 Å². The normalized spacial score (nSPS) is 10.7. The molecule has 0 N–H and O–H groups in total. The molecule has 1 aromatic rings. The summed E-state index contributed by atoms with van der Waals surface area (Å²) in [6, 6.07) is 5.49. The summed E-state index contributed by atoms with van der Waals surface area (Å²) >= 11 is 9.26. The second kappa shape index (κ2) is 6.71. The van der Waals surface area contributed by atoms with Crippen LogP contribution < -0.4 is 0 Å². The fraction of sp³-hybridized carbons (Fsp3) is 0.250. The third-order valence-corrected chi connectivity index (χ3v) is 2.80. The van der Waals surface area contributed by atoms with E-state index < -0.39 is 0 Å². The molecule has 0 radical (unpaired) electrons. The Morgan fingerprint density at radius 2 is 2.31 bits per heavy atom. The highest BCUT2D eigenvalue weighted by molar-refractivity contribution is 9.10. The Morgan fingerprint density at radius 1 is 1.56 bits per heavy atom. The molecule has 1 rings (SSSR count). The van der Waals surface area contributed by atoms with Crippen LogP contribution in [-0.4, -0.2) is 12.6 Å². The second-order valence-electron chi connectivity index (χ2n) is 3.08. The number of rotatable bonds is 4. The molecule has 86 valence electrons. The van der Waals surface area contributed by atoms with Crippen molar-refractivity contribution in [2.75, 3.05) is 6.61 Å². The molecule has 0 amide bonds. The summed E-state index contributed by atoms with van der Waals surface area (Å²) in [6.07, 6.45) is 3.87. The maximum Gasteiger partial charge on any atom is 0.309 e. The van der Waals surface area contributed by atoms with Crippen molar-refractivity contribution in [2.24, 2.45) is 0 Å². The van der Waals surface area contributed by atoms with Crippen molar-refractivity contribution in [1.29, 1.82) is 0 Å². The number of benzene rings is 1. The van der Waals surface area contributed by atoms with Gasteiger partial charge in [-0.1, -0.05) is 39.7 Å². The third-order valence-electron chi connectivity index (χ3n) is 1.85. The predicted molar refractivity (Wildman–Crippen MR) is 69.4 cm³/mol. The average Bonchev–Trinajstić information content (AvgIpc) is 2.23. The Morgan fingerprint density at radius 3 is 3.00 bits per heavy atom. The highest BCUT2D eigenvalue weighted by atomic mass is 79.9. The van der Waals surface area contributed by atoms with Crippen LogP contribution in [0.15, 0.2) is 28.7 Å². The van der Waals surface area contributed by atoms with Crippen molar-refractivity contribution in [2.45, 2.75) is 13.3 Å². The van der Waals surface area contributed by atoms with Crippen molar-refractivity contribution < 1.29 is 9.53 Å². The molecular weight excluding hydrogens is 291 g/mol. The molecule has 2 nitrogen and oxygen atoms in total. The van der Waals surface area contributed by atoms with E-state index in [9.17, 15) is 4.79 Å². The van der Waals surface area contributed by atoms with Gasteiger partial charge in [0.05, 0.1) is 13.0 Å². The minimum absolute atomic E-state index is 0.225. The van der Waals surface area contributed by atoms with Crippen LogP contribution in [0.5, 0.6) is 0 Å². The van der Waals surface area contributed by atoms with Gasteiger partial charge in [0.25, 0.3) is 0 Å². The van der Waals surface area contributed by atoms with Crippen molar-refractivity contribution in [1.82, 2.24) is 0 Å². The fourth-order valence-electron chi connectivity index (χ4n) is 1.14. The van der Waals surface area contributed by atoms with E-state index in [-0.39, 0.29) is 12.4 Å². The predicted octanol–water partition coefficient (Wildman–Crippen LogP) is 4.07. The van der Waals surface area contributed by atoms with E-state index in [1.807, 2.05) is 18.2 Å². The van der Waals surface area contributed by atoms with Crippen molar-refractivity contribution >= 4 is 39.6 Å². The van der Waals surface area contributed by atoms with Gasteiger partial charge < -0.3 is 4.74 Å². The third kappa shape index (κ3) is 4.37. The maximum absolute atomic E-state index is 11.1. The Balaban J connectivity index is 2.62. The molecule has 0 fully saturated rings. The van der Waals surface area contributed by atoms with Crippen LogP contribution >= 0.6 is 27.5 Å². The molecule has 0 atom stereocenters. The Bertz CT molecular complexity index is 402. The number of carbonyl (C=O) groups is 1. The summed E-state index contributed by atoms with van der Waals surface area (Å²) in [6.45, 7) is 2.20. The zero-order chi connectivity index (χ0) is 12.0. The van der Waals surface area contributed by atoms with Gasteiger partial charge in [-0.25, -0.2) is 0 Å². The van der Waals surface area contributed by atoms with E-state index in [1.54, 1.807) is 19.1 Å². The zero-order valence-corrected chi connectivity index (χ0v) is 11.2. The molecule has 0 aromatic heterocycles. The summed E-state index contributed by atoms with van der Waals surface area (Å²) in [4.78, 5) is 11.1. The quantitative estimate of drug-likeness (QED) is 0.784. The van der Waals surface area contributed by atoms with E-state index in [4.69, 9.17) is 16.3 Å². The number of hydrogen-bond acceptors (Lipinski definition) is 2. The lowest BCUT2D eigenvalue weighted by Crippen LogP contribution is -2.01. The van der Waals surface area contributed by atoms with Crippen LogP contribution in [-0.2, 0) is 9.53 Å². The summed E-state index contributed by atoms with van der Waals surface area (Å²) < 4.78 is 5.75. The van der Waals surface area contributed by atoms with Gasteiger partial charge in [-0.2, -0.15) is 0 Å². The van der Waals surface area contributed by atoms with E-state index in [0.717, 1.165) is 10.0 Å². The first-order valence-electron chi connectivity index (χ1n) is 4.90. The van der Waals surface area contributed by atoms with Crippen LogP contribution in [0.4, 0.5) is 0 Å². The van der Waals surface area contributed by atoms with Crippen molar-refractivity contribution in [3.63, 3.8) is 0 Å². The topological polar surface area (TPSA) is 26.3 Å². The van der Waals surface area contributed by atoms with E-state index in [1.165, 1.54) is 0 Å². The minimum atomic E-state index is -0.225. The van der Waals surface area contributed by atoms with Gasteiger partial charge in [0.2, 0.25) is 0 Å². The van der Waals surface area contributed by atoms with Crippen LogP contribution in [0.2, 0.25) is 5.02 Å². The Kier molecular flexibility index (Phi) is 5.56. The van der Waals surface area contributed by atoms with Gasteiger partial charge in [0.15, 0.2) is 0 Å². The number of hydrogen-bond donors (Lipinski definition) is 0. The fourth-order valence-corrected chi connectivity index (χ4v) is 1.70. The molecule has 0 spiro atoms. The minimum Gasteiger partial charge on any atom is -0.466 e. The molecule has 0 aliphatic carbocycles. The van der Waals surface area contributed by atoms with Crippen LogP contribution in [0.25, 0.3) is 6.08 Å². The van der Waals surface area contributed by atoms with Gasteiger partial charge in [0.1, 0.15) is 0 Å². The molecule has 0 aliphatic heterocycles. The SMILES string of the molecule is CCOC(=O)CC=Cc1cc(Cl)ccc1Br. The zero-order valence-electron chi connectivity index (χ0n) is 8.87. The Labute approximate surface area is 108 Å². The van der Waals surface area contributed by atoms with E-state index in [0.29, 0.717) is 11.6 Å². The summed E-state index contributed by atoms with van der Waals surface area (Å²) in [7, 11) is 0. The van der Waals surface area contributed by atoms with E-state index >= 15 is 0 Å². The first kappa shape index (κ1) is 13.3.